The zero-order valence-corrected chi connectivity index (χ0v) is 13.1. The molecule has 116 valence electrons. The molecule has 0 radical (unpaired) electrons. The van der Waals surface area contributed by atoms with E-state index in [2.05, 4.69) is 15.6 Å². The summed E-state index contributed by atoms with van der Waals surface area (Å²) in [5, 5.41) is 18.8. The number of benzene rings is 1. The third-order valence-electron chi connectivity index (χ3n) is 3.95. The number of amides is 2. The lowest BCUT2D eigenvalue weighted by Crippen LogP contribution is -2.42. The van der Waals surface area contributed by atoms with Gasteiger partial charge in [-0.05, 0) is 17.5 Å². The zero-order valence-electron chi connectivity index (χ0n) is 12.3. The average Bonchev–Trinajstić information content (AvgIpc) is 3.14. The predicted octanol–water partition coefficient (Wildman–Crippen LogP) is 2.55. The summed E-state index contributed by atoms with van der Waals surface area (Å²) < 4.78 is 0. The zero-order chi connectivity index (χ0) is 15.5. The number of nitrogens with one attached hydrogen (secondary N) is 2. The van der Waals surface area contributed by atoms with Crippen LogP contribution in [-0.4, -0.2) is 22.2 Å². The van der Waals surface area contributed by atoms with Crippen LogP contribution in [0, 0.1) is 0 Å². The Morgan fingerprint density at radius 2 is 2.32 bits per heavy atom. The molecule has 1 heterocycles. The van der Waals surface area contributed by atoms with Crippen LogP contribution in [0.1, 0.15) is 41.6 Å². The van der Waals surface area contributed by atoms with E-state index < -0.39 is 6.10 Å². The minimum atomic E-state index is -0.580. The minimum absolute atomic E-state index is 0.103. The fourth-order valence-electron chi connectivity index (χ4n) is 2.83. The molecule has 1 aromatic heterocycles. The van der Waals surface area contributed by atoms with Gasteiger partial charge in [-0.2, -0.15) is 0 Å². The first-order valence-corrected chi connectivity index (χ1v) is 8.29. The number of carbonyl (C=O) groups is 1. The van der Waals surface area contributed by atoms with Crippen LogP contribution in [0.15, 0.2) is 35.8 Å². The Hall–Kier alpha value is -1.92. The van der Waals surface area contributed by atoms with Crippen LogP contribution < -0.4 is 10.6 Å². The van der Waals surface area contributed by atoms with Gasteiger partial charge in [0.1, 0.15) is 5.01 Å². The van der Waals surface area contributed by atoms with E-state index in [-0.39, 0.29) is 18.1 Å². The van der Waals surface area contributed by atoms with E-state index in [9.17, 15) is 9.90 Å². The summed E-state index contributed by atoms with van der Waals surface area (Å²) >= 11 is 1.53. The minimum Gasteiger partial charge on any atom is -0.390 e. The second-order valence-corrected chi connectivity index (χ2v) is 6.32. The van der Waals surface area contributed by atoms with Crippen molar-refractivity contribution in [1.29, 1.82) is 0 Å². The molecule has 1 aliphatic carbocycles. The number of aromatic nitrogens is 1. The third-order valence-corrected chi connectivity index (χ3v) is 4.84. The molecule has 5 nitrogen and oxygen atoms in total. The predicted molar refractivity (Wildman–Crippen MR) is 85.7 cm³/mol. The lowest BCUT2D eigenvalue weighted by molar-refractivity contribution is 0.141. The van der Waals surface area contributed by atoms with Gasteiger partial charge in [0.2, 0.25) is 0 Å². The third kappa shape index (κ3) is 2.98. The molecule has 2 amide bonds. The standard InChI is InChI=1S/C16H19N3O2S/c1-2-12(15-17-7-8-22-15)18-16(21)19-14-11-6-4-3-5-10(11)9-13(14)20/h3-8,12-14,20H,2,9H2,1H3,(H2,18,19,21)/t12?,13-,14+/m0/s1. The van der Waals surface area contributed by atoms with Crippen molar-refractivity contribution in [3.05, 3.63) is 52.0 Å². The summed E-state index contributed by atoms with van der Waals surface area (Å²) in [6.45, 7) is 2.01. The molecule has 1 aliphatic rings. The molecule has 0 saturated carbocycles. The summed E-state index contributed by atoms with van der Waals surface area (Å²) in [6, 6.07) is 7.08. The molecule has 0 fully saturated rings. The fourth-order valence-corrected chi connectivity index (χ4v) is 3.61. The molecule has 3 atom stereocenters. The van der Waals surface area contributed by atoms with Gasteiger partial charge in [0.15, 0.2) is 0 Å². The van der Waals surface area contributed by atoms with Crippen LogP contribution in [0.4, 0.5) is 4.79 Å². The van der Waals surface area contributed by atoms with Crippen LogP contribution >= 0.6 is 11.3 Å². The first-order chi connectivity index (χ1) is 10.7. The molecule has 0 saturated heterocycles. The summed E-state index contributed by atoms with van der Waals surface area (Å²) in [4.78, 5) is 16.5. The van der Waals surface area contributed by atoms with E-state index in [1.54, 1.807) is 6.20 Å². The van der Waals surface area contributed by atoms with Crippen molar-refractivity contribution < 1.29 is 9.90 Å². The van der Waals surface area contributed by atoms with Gasteiger partial charge in [-0.15, -0.1) is 11.3 Å². The van der Waals surface area contributed by atoms with E-state index in [1.807, 2.05) is 36.6 Å². The monoisotopic (exact) mass is 317 g/mol. The normalized spacial score (nSPS) is 21.2. The fraction of sp³-hybridized carbons (Fsp3) is 0.375. The van der Waals surface area contributed by atoms with Crippen molar-refractivity contribution in [2.75, 3.05) is 0 Å². The van der Waals surface area contributed by atoms with Gasteiger partial charge in [0, 0.05) is 18.0 Å². The number of urea groups is 1. The van der Waals surface area contributed by atoms with Crippen molar-refractivity contribution in [2.45, 2.75) is 38.0 Å². The van der Waals surface area contributed by atoms with Crippen molar-refractivity contribution in [3.63, 3.8) is 0 Å². The van der Waals surface area contributed by atoms with Crippen LogP contribution in [0.5, 0.6) is 0 Å². The van der Waals surface area contributed by atoms with Gasteiger partial charge in [-0.3, -0.25) is 0 Å². The average molecular weight is 317 g/mol. The Morgan fingerprint density at radius 3 is 3.05 bits per heavy atom. The summed E-state index contributed by atoms with van der Waals surface area (Å²) in [5.74, 6) is 0. The van der Waals surface area contributed by atoms with E-state index in [4.69, 9.17) is 0 Å². The molecule has 0 aliphatic heterocycles. The second-order valence-electron chi connectivity index (χ2n) is 5.40. The highest BCUT2D eigenvalue weighted by atomic mass is 32.1. The van der Waals surface area contributed by atoms with Gasteiger partial charge in [0.05, 0.1) is 18.2 Å². The van der Waals surface area contributed by atoms with Crippen LogP contribution in [-0.2, 0) is 6.42 Å². The molecule has 0 bridgehead atoms. The van der Waals surface area contributed by atoms with E-state index >= 15 is 0 Å². The highest BCUT2D eigenvalue weighted by molar-refractivity contribution is 7.09. The number of hydrogen-bond acceptors (Lipinski definition) is 4. The quantitative estimate of drug-likeness (QED) is 0.811. The molecule has 6 heteroatoms. The van der Waals surface area contributed by atoms with E-state index in [0.717, 1.165) is 22.6 Å². The van der Waals surface area contributed by atoms with Crippen molar-refractivity contribution in [3.8, 4) is 0 Å². The molecular formula is C16H19N3O2S. The van der Waals surface area contributed by atoms with Gasteiger partial charge < -0.3 is 15.7 Å². The molecule has 2 aromatic rings. The number of aliphatic hydroxyl groups is 1. The number of carbonyl (C=O) groups excluding carboxylic acids is 1. The molecule has 22 heavy (non-hydrogen) atoms. The van der Waals surface area contributed by atoms with Gasteiger partial charge in [0.25, 0.3) is 0 Å². The first-order valence-electron chi connectivity index (χ1n) is 7.41. The highest BCUT2D eigenvalue weighted by Gasteiger charge is 2.32. The Balaban J connectivity index is 1.67. The summed E-state index contributed by atoms with van der Waals surface area (Å²) in [5.41, 5.74) is 2.08. The molecule has 1 aromatic carbocycles. The molecule has 3 rings (SSSR count). The second kappa shape index (κ2) is 6.46. The number of thiazole rings is 1. The number of hydrogen-bond donors (Lipinski definition) is 3. The smallest absolute Gasteiger partial charge is 0.315 e. The number of fused-ring (bicyclic) bond motifs is 1. The molecule has 1 unspecified atom stereocenters. The van der Waals surface area contributed by atoms with Crippen molar-refractivity contribution >= 4 is 17.4 Å². The summed E-state index contributed by atoms with van der Waals surface area (Å²) in [6.07, 6.45) is 2.50. The Labute approximate surface area is 133 Å². The van der Waals surface area contributed by atoms with Crippen molar-refractivity contribution in [1.82, 2.24) is 15.6 Å². The van der Waals surface area contributed by atoms with Crippen LogP contribution in [0.2, 0.25) is 0 Å². The number of nitrogens with zero attached hydrogens (tertiary/aromatic N) is 1. The lowest BCUT2D eigenvalue weighted by Gasteiger charge is -2.21. The number of rotatable bonds is 4. The SMILES string of the molecule is CCC(NC(=O)N[C@@H]1c2ccccc2C[C@@H]1O)c1nccs1. The lowest BCUT2D eigenvalue weighted by atomic mass is 10.1. The van der Waals surface area contributed by atoms with Gasteiger partial charge in [-0.25, -0.2) is 9.78 Å². The Kier molecular flexibility index (Phi) is 4.40. The van der Waals surface area contributed by atoms with Gasteiger partial charge >= 0.3 is 6.03 Å². The Morgan fingerprint density at radius 1 is 1.50 bits per heavy atom. The molecular weight excluding hydrogens is 298 g/mol. The van der Waals surface area contributed by atoms with E-state index in [1.165, 1.54) is 11.3 Å². The number of aliphatic hydroxyl groups excluding tert-OH is 1. The first kappa shape index (κ1) is 15.0. The van der Waals surface area contributed by atoms with E-state index in [0.29, 0.717) is 6.42 Å². The maximum absolute atomic E-state index is 12.3. The van der Waals surface area contributed by atoms with Crippen LogP contribution in [0.25, 0.3) is 0 Å². The molecule has 3 N–H and O–H groups in total. The molecule has 0 spiro atoms. The maximum atomic E-state index is 12.3. The maximum Gasteiger partial charge on any atom is 0.315 e. The van der Waals surface area contributed by atoms with Gasteiger partial charge in [-0.1, -0.05) is 31.2 Å². The largest absolute Gasteiger partial charge is 0.390 e. The summed E-state index contributed by atoms with van der Waals surface area (Å²) in [7, 11) is 0. The Bertz CT molecular complexity index is 645. The topological polar surface area (TPSA) is 74.2 Å². The highest BCUT2D eigenvalue weighted by Crippen LogP contribution is 2.31. The van der Waals surface area contributed by atoms with Crippen LogP contribution in [0.3, 0.4) is 0 Å². The van der Waals surface area contributed by atoms with Crippen molar-refractivity contribution in [2.24, 2.45) is 0 Å².